The number of anilines is 1. The Morgan fingerprint density at radius 3 is 2.79 bits per heavy atom. The van der Waals surface area contributed by atoms with Crippen molar-refractivity contribution in [2.75, 3.05) is 17.3 Å². The Morgan fingerprint density at radius 1 is 1.26 bits per heavy atom. The average Bonchev–Trinajstić information content (AvgIpc) is 2.36. The van der Waals surface area contributed by atoms with Crippen LogP contribution in [0.1, 0.15) is 19.3 Å². The van der Waals surface area contributed by atoms with Crippen molar-refractivity contribution in [3.05, 3.63) is 34.9 Å². The van der Waals surface area contributed by atoms with E-state index in [0.717, 1.165) is 16.8 Å². The van der Waals surface area contributed by atoms with Crippen LogP contribution in [-0.4, -0.2) is 23.5 Å². The maximum absolute atomic E-state index is 5.98. The van der Waals surface area contributed by atoms with E-state index in [1.807, 2.05) is 6.20 Å². The number of halogens is 2. The summed E-state index contributed by atoms with van der Waals surface area (Å²) in [6.07, 6.45) is 5.71. The third-order valence-electron chi connectivity index (χ3n) is 3.84. The van der Waals surface area contributed by atoms with E-state index < -0.39 is 0 Å². The van der Waals surface area contributed by atoms with Crippen LogP contribution >= 0.6 is 27.5 Å². The average molecular weight is 340 g/mol. The lowest BCUT2D eigenvalue weighted by molar-refractivity contribution is 0.389. The van der Waals surface area contributed by atoms with E-state index in [9.17, 15) is 0 Å². The molecule has 0 aliphatic heterocycles. The first-order chi connectivity index (χ1) is 9.31. The Balaban J connectivity index is 2.09. The molecule has 0 atom stereocenters. The summed E-state index contributed by atoms with van der Waals surface area (Å²) in [4.78, 5) is 7.00. The smallest absolute Gasteiger partial charge is 0.136 e. The first-order valence-electron chi connectivity index (χ1n) is 6.67. The van der Waals surface area contributed by atoms with Crippen LogP contribution in [0.25, 0.3) is 10.8 Å². The molecule has 0 bridgehead atoms. The number of aromatic nitrogens is 1. The normalized spacial score (nSPS) is 15.5. The first kappa shape index (κ1) is 13.2. The second kappa shape index (κ2) is 5.68. The zero-order valence-electron chi connectivity index (χ0n) is 10.6. The second-order valence-electron chi connectivity index (χ2n) is 4.94. The van der Waals surface area contributed by atoms with E-state index in [0.29, 0.717) is 11.9 Å². The molecule has 1 aliphatic carbocycles. The van der Waals surface area contributed by atoms with Crippen molar-refractivity contribution in [1.29, 1.82) is 0 Å². The number of rotatable bonds is 4. The molecular formula is C15H16BrClN2. The van der Waals surface area contributed by atoms with Crippen molar-refractivity contribution in [3.8, 4) is 0 Å². The third kappa shape index (κ3) is 2.46. The van der Waals surface area contributed by atoms with Gasteiger partial charge in [0.2, 0.25) is 0 Å². The molecule has 1 saturated carbocycles. The van der Waals surface area contributed by atoms with Gasteiger partial charge in [-0.1, -0.05) is 28.1 Å². The fourth-order valence-corrected chi connectivity index (χ4v) is 3.31. The second-order valence-corrected chi connectivity index (χ2v) is 6.17. The van der Waals surface area contributed by atoms with Crippen molar-refractivity contribution in [1.82, 2.24) is 4.98 Å². The molecular weight excluding hydrogens is 324 g/mol. The zero-order chi connectivity index (χ0) is 13.2. The van der Waals surface area contributed by atoms with Crippen LogP contribution in [0.4, 0.5) is 5.82 Å². The predicted octanol–water partition coefficient (Wildman–Crippen LogP) is 4.60. The van der Waals surface area contributed by atoms with Gasteiger partial charge in [-0.15, -0.1) is 11.6 Å². The molecule has 0 spiro atoms. The van der Waals surface area contributed by atoms with Gasteiger partial charge >= 0.3 is 0 Å². The van der Waals surface area contributed by atoms with E-state index in [2.05, 4.69) is 50.1 Å². The minimum atomic E-state index is 0.607. The lowest BCUT2D eigenvalue weighted by Gasteiger charge is -2.38. The van der Waals surface area contributed by atoms with E-state index in [1.54, 1.807) is 0 Å². The molecule has 0 N–H and O–H groups in total. The van der Waals surface area contributed by atoms with E-state index >= 15 is 0 Å². The van der Waals surface area contributed by atoms with Gasteiger partial charge in [-0.2, -0.15) is 0 Å². The maximum atomic E-state index is 5.98. The molecule has 1 aliphatic rings. The Hall–Kier alpha value is -0.800. The fourth-order valence-electron chi connectivity index (χ4n) is 2.63. The topological polar surface area (TPSA) is 16.1 Å². The molecule has 2 aromatic rings. The SMILES string of the molecule is ClCCN(c1nccc2c(Br)cccc12)C1CCC1. The Morgan fingerprint density at radius 2 is 2.11 bits per heavy atom. The van der Waals surface area contributed by atoms with Crippen LogP contribution < -0.4 is 4.90 Å². The van der Waals surface area contributed by atoms with Crippen molar-refractivity contribution < 1.29 is 0 Å². The van der Waals surface area contributed by atoms with Crippen LogP contribution in [0.5, 0.6) is 0 Å². The van der Waals surface area contributed by atoms with Crippen molar-refractivity contribution in [3.63, 3.8) is 0 Å². The van der Waals surface area contributed by atoms with E-state index in [-0.39, 0.29) is 0 Å². The zero-order valence-corrected chi connectivity index (χ0v) is 13.0. The molecule has 1 aromatic carbocycles. The summed E-state index contributed by atoms with van der Waals surface area (Å²) in [6, 6.07) is 8.94. The number of pyridine rings is 1. The summed E-state index contributed by atoms with van der Waals surface area (Å²) in [5.74, 6) is 1.71. The molecule has 0 amide bonds. The first-order valence-corrected chi connectivity index (χ1v) is 8.00. The van der Waals surface area contributed by atoms with Gasteiger partial charge in [-0.05, 0) is 31.4 Å². The highest BCUT2D eigenvalue weighted by Gasteiger charge is 2.26. The molecule has 1 heterocycles. The van der Waals surface area contributed by atoms with Crippen molar-refractivity contribution >= 4 is 44.1 Å². The van der Waals surface area contributed by atoms with Gasteiger partial charge in [0.05, 0.1) is 0 Å². The standard InChI is InChI=1S/C15H16BrClN2/c16-14-6-2-5-13-12(14)7-9-18-15(13)19(10-8-17)11-3-1-4-11/h2,5-7,9,11H,1,3-4,8,10H2. The molecule has 0 radical (unpaired) electrons. The summed E-state index contributed by atoms with van der Waals surface area (Å²) in [6.45, 7) is 0.866. The summed E-state index contributed by atoms with van der Waals surface area (Å²) in [5.41, 5.74) is 0. The minimum absolute atomic E-state index is 0.607. The summed E-state index contributed by atoms with van der Waals surface area (Å²) in [5, 5.41) is 2.42. The lowest BCUT2D eigenvalue weighted by atomic mass is 9.91. The largest absolute Gasteiger partial charge is 0.352 e. The molecule has 4 heteroatoms. The number of fused-ring (bicyclic) bond motifs is 1. The molecule has 1 fully saturated rings. The van der Waals surface area contributed by atoms with Gasteiger partial charge in [0, 0.05) is 39.9 Å². The van der Waals surface area contributed by atoms with Crippen LogP contribution in [-0.2, 0) is 0 Å². The predicted molar refractivity (Wildman–Crippen MR) is 85.1 cm³/mol. The third-order valence-corrected chi connectivity index (χ3v) is 4.71. The number of benzene rings is 1. The van der Waals surface area contributed by atoms with Gasteiger partial charge < -0.3 is 4.90 Å². The van der Waals surface area contributed by atoms with Gasteiger partial charge in [0.25, 0.3) is 0 Å². The lowest BCUT2D eigenvalue weighted by Crippen LogP contribution is -2.42. The van der Waals surface area contributed by atoms with Crippen LogP contribution in [0.2, 0.25) is 0 Å². The van der Waals surface area contributed by atoms with Crippen molar-refractivity contribution in [2.45, 2.75) is 25.3 Å². The maximum Gasteiger partial charge on any atom is 0.136 e. The monoisotopic (exact) mass is 338 g/mol. The Bertz CT molecular complexity index is 583. The Labute approximate surface area is 126 Å². The van der Waals surface area contributed by atoms with Crippen molar-refractivity contribution in [2.24, 2.45) is 0 Å². The van der Waals surface area contributed by atoms with E-state index in [1.165, 1.54) is 30.0 Å². The number of hydrogen-bond acceptors (Lipinski definition) is 2. The molecule has 19 heavy (non-hydrogen) atoms. The fraction of sp³-hybridized carbons (Fsp3) is 0.400. The van der Waals surface area contributed by atoms with Crippen LogP contribution in [0.15, 0.2) is 34.9 Å². The molecule has 1 aromatic heterocycles. The number of nitrogens with zero attached hydrogens (tertiary/aromatic N) is 2. The quantitative estimate of drug-likeness (QED) is 0.757. The number of hydrogen-bond donors (Lipinski definition) is 0. The molecule has 0 saturated heterocycles. The summed E-state index contributed by atoms with van der Waals surface area (Å²) in [7, 11) is 0. The molecule has 2 nitrogen and oxygen atoms in total. The Kier molecular flexibility index (Phi) is 3.94. The molecule has 100 valence electrons. The number of alkyl halides is 1. The highest BCUT2D eigenvalue weighted by molar-refractivity contribution is 9.10. The van der Waals surface area contributed by atoms with Crippen LogP contribution in [0.3, 0.4) is 0 Å². The van der Waals surface area contributed by atoms with Crippen LogP contribution in [0, 0.1) is 0 Å². The molecule has 0 unspecified atom stereocenters. The van der Waals surface area contributed by atoms with Gasteiger partial charge in [0.1, 0.15) is 5.82 Å². The van der Waals surface area contributed by atoms with E-state index in [4.69, 9.17) is 11.6 Å². The highest BCUT2D eigenvalue weighted by Crippen LogP contribution is 2.34. The summed E-state index contributed by atoms with van der Waals surface area (Å²) < 4.78 is 1.12. The molecule has 3 rings (SSSR count). The van der Waals surface area contributed by atoms with Gasteiger partial charge in [-0.25, -0.2) is 4.98 Å². The highest BCUT2D eigenvalue weighted by atomic mass is 79.9. The van der Waals surface area contributed by atoms with Gasteiger partial charge in [0.15, 0.2) is 0 Å². The minimum Gasteiger partial charge on any atom is -0.352 e. The summed E-state index contributed by atoms with van der Waals surface area (Å²) >= 11 is 9.59. The van der Waals surface area contributed by atoms with Gasteiger partial charge in [-0.3, -0.25) is 0 Å².